The average Bonchev–Trinajstić information content (AvgIpc) is 2.39. The van der Waals surface area contributed by atoms with Crippen molar-refractivity contribution in [1.82, 2.24) is 4.98 Å². The molecule has 1 aromatic heterocycles. The molecular weight excluding hydrogens is 230 g/mol. The summed E-state index contributed by atoms with van der Waals surface area (Å²) in [6.45, 7) is 3.21. The normalized spacial score (nSPS) is 16.3. The van der Waals surface area contributed by atoms with Crippen molar-refractivity contribution in [1.29, 1.82) is 5.26 Å². The molecule has 18 heavy (non-hydrogen) atoms. The maximum Gasteiger partial charge on any atom is 0.306 e. The van der Waals surface area contributed by atoms with Gasteiger partial charge >= 0.3 is 5.97 Å². The minimum atomic E-state index is -0.718. The molecule has 5 heteroatoms. The fourth-order valence-electron chi connectivity index (χ4n) is 2.16. The number of rotatable bonds is 2. The van der Waals surface area contributed by atoms with E-state index < -0.39 is 5.97 Å². The summed E-state index contributed by atoms with van der Waals surface area (Å²) in [5, 5.41) is 17.9. The molecule has 0 amide bonds. The molecule has 0 aromatic carbocycles. The van der Waals surface area contributed by atoms with Gasteiger partial charge in [-0.2, -0.15) is 5.26 Å². The highest BCUT2D eigenvalue weighted by molar-refractivity contribution is 5.70. The van der Waals surface area contributed by atoms with Gasteiger partial charge in [-0.25, -0.2) is 4.98 Å². The van der Waals surface area contributed by atoms with Gasteiger partial charge in [0.2, 0.25) is 0 Å². The summed E-state index contributed by atoms with van der Waals surface area (Å²) in [4.78, 5) is 17.2. The van der Waals surface area contributed by atoms with Crippen molar-refractivity contribution in [2.75, 3.05) is 18.0 Å². The highest BCUT2D eigenvalue weighted by atomic mass is 16.4. The number of hydrogen-bond donors (Lipinski definition) is 1. The summed E-state index contributed by atoms with van der Waals surface area (Å²) in [5.41, 5.74) is 1.30. The molecule has 5 nitrogen and oxygen atoms in total. The first-order valence-electron chi connectivity index (χ1n) is 5.97. The first-order valence-corrected chi connectivity index (χ1v) is 5.97. The van der Waals surface area contributed by atoms with Crippen LogP contribution in [0.4, 0.5) is 5.82 Å². The molecule has 2 rings (SSSR count). The molecule has 0 atom stereocenters. The molecule has 0 bridgehead atoms. The molecule has 94 valence electrons. The molecule has 2 heterocycles. The van der Waals surface area contributed by atoms with Crippen LogP contribution in [0.25, 0.3) is 0 Å². The van der Waals surface area contributed by atoms with Gasteiger partial charge in [0.25, 0.3) is 0 Å². The van der Waals surface area contributed by atoms with Crippen molar-refractivity contribution >= 4 is 11.8 Å². The third-order valence-electron chi connectivity index (χ3n) is 3.36. The lowest BCUT2D eigenvalue weighted by molar-refractivity contribution is -0.142. The van der Waals surface area contributed by atoms with Gasteiger partial charge in [0, 0.05) is 13.1 Å². The molecule has 1 N–H and O–H groups in total. The van der Waals surface area contributed by atoms with E-state index in [2.05, 4.69) is 11.1 Å². The van der Waals surface area contributed by atoms with Crippen molar-refractivity contribution in [3.8, 4) is 6.07 Å². The lowest BCUT2D eigenvalue weighted by atomic mass is 9.97. The number of carbonyl (C=O) groups is 1. The topological polar surface area (TPSA) is 77.2 Å². The summed E-state index contributed by atoms with van der Waals surface area (Å²) in [6, 6.07) is 5.84. The zero-order valence-corrected chi connectivity index (χ0v) is 10.3. The number of nitrogens with zero attached hydrogens (tertiary/aromatic N) is 3. The number of piperidine rings is 1. The summed E-state index contributed by atoms with van der Waals surface area (Å²) in [5.74, 6) is -0.202. The number of carboxylic acids is 1. The Morgan fingerprint density at radius 1 is 1.50 bits per heavy atom. The van der Waals surface area contributed by atoms with E-state index >= 15 is 0 Å². The van der Waals surface area contributed by atoms with Crippen LogP contribution < -0.4 is 4.90 Å². The van der Waals surface area contributed by atoms with E-state index in [1.165, 1.54) is 0 Å². The fraction of sp³-hybridized carbons (Fsp3) is 0.462. The van der Waals surface area contributed by atoms with Gasteiger partial charge in [-0.15, -0.1) is 0 Å². The maximum atomic E-state index is 10.9. The Kier molecular flexibility index (Phi) is 3.47. The van der Waals surface area contributed by atoms with Crippen LogP contribution in [0.5, 0.6) is 0 Å². The number of pyridine rings is 1. The van der Waals surface area contributed by atoms with Crippen LogP contribution in [-0.2, 0) is 4.79 Å². The van der Waals surface area contributed by atoms with Gasteiger partial charge in [-0.3, -0.25) is 4.79 Å². The zero-order chi connectivity index (χ0) is 13.1. The number of anilines is 1. The number of hydrogen-bond acceptors (Lipinski definition) is 4. The minimum Gasteiger partial charge on any atom is -0.481 e. The SMILES string of the molecule is Cc1ccc(N2CCC(C(=O)O)CC2)nc1C#N. The summed E-state index contributed by atoms with van der Waals surface area (Å²) >= 11 is 0. The third-order valence-corrected chi connectivity index (χ3v) is 3.36. The van der Waals surface area contributed by atoms with E-state index in [-0.39, 0.29) is 5.92 Å². The van der Waals surface area contributed by atoms with Crippen LogP contribution in [0.1, 0.15) is 24.1 Å². The molecule has 0 unspecified atom stereocenters. The first kappa shape index (κ1) is 12.4. The van der Waals surface area contributed by atoms with Gasteiger partial charge in [0.05, 0.1) is 5.92 Å². The van der Waals surface area contributed by atoms with Crippen LogP contribution in [0.15, 0.2) is 12.1 Å². The van der Waals surface area contributed by atoms with Crippen LogP contribution in [0.3, 0.4) is 0 Å². The van der Waals surface area contributed by atoms with E-state index in [1.54, 1.807) is 0 Å². The number of nitriles is 1. The highest BCUT2D eigenvalue weighted by Gasteiger charge is 2.25. The molecular formula is C13H15N3O2. The monoisotopic (exact) mass is 245 g/mol. The second kappa shape index (κ2) is 5.05. The fourth-order valence-corrected chi connectivity index (χ4v) is 2.16. The Labute approximate surface area is 106 Å². The molecule has 0 spiro atoms. The van der Waals surface area contributed by atoms with Crippen molar-refractivity contribution in [2.24, 2.45) is 5.92 Å². The largest absolute Gasteiger partial charge is 0.481 e. The maximum absolute atomic E-state index is 10.9. The van der Waals surface area contributed by atoms with Gasteiger partial charge in [-0.05, 0) is 31.4 Å². The van der Waals surface area contributed by atoms with Crippen molar-refractivity contribution in [3.63, 3.8) is 0 Å². The first-order chi connectivity index (χ1) is 8.61. The van der Waals surface area contributed by atoms with Crippen molar-refractivity contribution in [3.05, 3.63) is 23.4 Å². The number of aliphatic carboxylic acids is 1. The molecule has 0 aliphatic carbocycles. The van der Waals surface area contributed by atoms with Gasteiger partial charge in [0.1, 0.15) is 17.6 Å². The number of carboxylic acid groups (broad SMARTS) is 1. The lowest BCUT2D eigenvalue weighted by Gasteiger charge is -2.31. The Bertz CT molecular complexity index is 499. The Balaban J connectivity index is 2.10. The van der Waals surface area contributed by atoms with E-state index in [0.717, 1.165) is 11.4 Å². The molecule has 1 aromatic rings. The Morgan fingerprint density at radius 2 is 2.17 bits per heavy atom. The van der Waals surface area contributed by atoms with Gasteiger partial charge in [-0.1, -0.05) is 6.07 Å². The van der Waals surface area contributed by atoms with Gasteiger partial charge < -0.3 is 10.0 Å². The minimum absolute atomic E-state index is 0.248. The van der Waals surface area contributed by atoms with Crippen LogP contribution in [0.2, 0.25) is 0 Å². The molecule has 1 fully saturated rings. The van der Waals surface area contributed by atoms with Crippen LogP contribution in [0, 0.1) is 24.2 Å². The predicted molar refractivity (Wildman–Crippen MR) is 66.3 cm³/mol. The Morgan fingerprint density at radius 3 is 2.72 bits per heavy atom. The average molecular weight is 245 g/mol. The second-order valence-electron chi connectivity index (χ2n) is 4.55. The highest BCUT2D eigenvalue weighted by Crippen LogP contribution is 2.22. The smallest absolute Gasteiger partial charge is 0.306 e. The summed E-state index contributed by atoms with van der Waals surface area (Å²) < 4.78 is 0. The summed E-state index contributed by atoms with van der Waals surface area (Å²) in [6.07, 6.45) is 1.26. The van der Waals surface area contributed by atoms with Gasteiger partial charge in [0.15, 0.2) is 0 Å². The molecule has 0 radical (unpaired) electrons. The van der Waals surface area contributed by atoms with Crippen molar-refractivity contribution < 1.29 is 9.90 Å². The van der Waals surface area contributed by atoms with E-state index in [4.69, 9.17) is 10.4 Å². The Hall–Kier alpha value is -2.09. The number of aromatic nitrogens is 1. The third kappa shape index (κ3) is 2.43. The lowest BCUT2D eigenvalue weighted by Crippen LogP contribution is -2.36. The summed E-state index contributed by atoms with van der Waals surface area (Å²) in [7, 11) is 0. The molecule has 0 saturated carbocycles. The molecule has 1 aliphatic rings. The van der Waals surface area contributed by atoms with Crippen LogP contribution in [-0.4, -0.2) is 29.1 Å². The standard InChI is InChI=1S/C13H15N3O2/c1-9-2-3-12(15-11(9)8-14)16-6-4-10(5-7-16)13(17)18/h2-3,10H,4-7H2,1H3,(H,17,18). The van der Waals surface area contributed by atoms with E-state index in [0.29, 0.717) is 31.6 Å². The van der Waals surface area contributed by atoms with Crippen molar-refractivity contribution in [2.45, 2.75) is 19.8 Å². The quantitative estimate of drug-likeness (QED) is 0.855. The van der Waals surface area contributed by atoms with E-state index in [9.17, 15) is 4.79 Å². The number of aryl methyl sites for hydroxylation is 1. The predicted octanol–water partition coefficient (Wildman–Crippen LogP) is 1.56. The second-order valence-corrected chi connectivity index (χ2v) is 4.55. The van der Waals surface area contributed by atoms with E-state index in [1.807, 2.05) is 24.0 Å². The zero-order valence-electron chi connectivity index (χ0n) is 10.3. The van der Waals surface area contributed by atoms with Crippen LogP contribution >= 0.6 is 0 Å². The molecule has 1 saturated heterocycles. The molecule has 1 aliphatic heterocycles.